The van der Waals surface area contributed by atoms with Crippen LogP contribution in [0.5, 0.6) is 0 Å². The zero-order valence-electron chi connectivity index (χ0n) is 10.5. The van der Waals surface area contributed by atoms with E-state index in [1.165, 1.54) is 20.8 Å². The second-order valence-corrected chi connectivity index (χ2v) is 3.38. The molecule has 0 amide bonds. The maximum atomic E-state index is 9.57. The van der Waals surface area contributed by atoms with Crippen LogP contribution in [0.4, 0.5) is 0 Å². The van der Waals surface area contributed by atoms with Crippen molar-refractivity contribution >= 4 is 17.9 Å². The van der Waals surface area contributed by atoms with E-state index in [4.69, 9.17) is 32.5 Å². The summed E-state index contributed by atoms with van der Waals surface area (Å²) in [7, 11) is 0. The van der Waals surface area contributed by atoms with Gasteiger partial charge in [-0.2, -0.15) is 0 Å². The van der Waals surface area contributed by atoms with E-state index < -0.39 is 36.0 Å². The number of hydrogen-bond donors (Lipinski definition) is 6. The van der Waals surface area contributed by atoms with Gasteiger partial charge in [0, 0.05) is 0 Å². The van der Waals surface area contributed by atoms with Gasteiger partial charge in [-0.25, -0.2) is 0 Å². The van der Waals surface area contributed by atoms with Crippen LogP contribution in [0.2, 0.25) is 0 Å². The first-order valence-corrected chi connectivity index (χ1v) is 4.88. The second-order valence-electron chi connectivity index (χ2n) is 3.38. The summed E-state index contributed by atoms with van der Waals surface area (Å²) in [6.45, 7) is 4.26. The highest BCUT2D eigenvalue weighted by Crippen LogP contribution is 1.69. The van der Waals surface area contributed by atoms with Crippen molar-refractivity contribution in [3.05, 3.63) is 0 Å². The van der Waals surface area contributed by atoms with Crippen molar-refractivity contribution in [2.75, 3.05) is 0 Å². The van der Waals surface area contributed by atoms with Gasteiger partial charge in [0.1, 0.15) is 18.1 Å². The summed E-state index contributed by atoms with van der Waals surface area (Å²) in [6.07, 6.45) is 0. The molecule has 0 unspecified atom stereocenters. The Labute approximate surface area is 105 Å². The molecule has 0 aromatic carbocycles. The van der Waals surface area contributed by atoms with E-state index in [1.807, 2.05) is 0 Å². The molecule has 0 bridgehead atoms. The predicted molar refractivity (Wildman–Crippen MR) is 63.9 cm³/mol. The third-order valence-electron chi connectivity index (χ3n) is 1.17. The Morgan fingerprint density at radius 1 is 0.667 bits per heavy atom. The average Bonchev–Trinajstić information content (AvgIpc) is 2.18. The van der Waals surface area contributed by atoms with Crippen LogP contribution in [0.1, 0.15) is 20.8 Å². The standard InChI is InChI=1S/3C3H7NO2/c3*1-2(4)3(5)6/h3*2H,4H2,1H3,(H,5,6)/t3*2-/m000/s1. The molecule has 18 heavy (non-hydrogen) atoms. The average molecular weight is 267 g/mol. The van der Waals surface area contributed by atoms with Crippen LogP contribution in [0.3, 0.4) is 0 Å². The fourth-order valence-electron chi connectivity index (χ4n) is 0. The van der Waals surface area contributed by atoms with Crippen molar-refractivity contribution in [1.29, 1.82) is 0 Å². The van der Waals surface area contributed by atoms with Crippen molar-refractivity contribution in [3.8, 4) is 0 Å². The molecule has 9 nitrogen and oxygen atoms in total. The molecule has 0 aliphatic rings. The summed E-state index contributed by atoms with van der Waals surface area (Å²) < 4.78 is 0. The normalized spacial score (nSPS) is 13.7. The topological polar surface area (TPSA) is 190 Å². The smallest absolute Gasteiger partial charge is 0.320 e. The Balaban J connectivity index is -0.000000187. The van der Waals surface area contributed by atoms with E-state index in [2.05, 4.69) is 0 Å². The second kappa shape index (κ2) is 11.8. The number of hydrogen-bond acceptors (Lipinski definition) is 6. The Morgan fingerprint density at radius 2 is 0.722 bits per heavy atom. The molecule has 0 aromatic heterocycles. The first-order chi connectivity index (χ1) is 7.93. The highest BCUT2D eigenvalue weighted by molar-refractivity contribution is 5.72. The highest BCUT2D eigenvalue weighted by atomic mass is 16.4. The number of carbonyl (C=O) groups is 3. The Kier molecular flexibility index (Phi) is 14.1. The molecule has 0 aromatic rings. The fourth-order valence-corrected chi connectivity index (χ4v) is 0. The van der Waals surface area contributed by atoms with Crippen molar-refractivity contribution in [3.63, 3.8) is 0 Å². The fraction of sp³-hybridized carbons (Fsp3) is 0.667. The van der Waals surface area contributed by atoms with Gasteiger partial charge in [0.25, 0.3) is 0 Å². The maximum Gasteiger partial charge on any atom is 0.320 e. The molecule has 0 fully saturated rings. The number of rotatable bonds is 3. The number of carboxylic acids is 3. The van der Waals surface area contributed by atoms with Crippen molar-refractivity contribution in [2.45, 2.75) is 38.9 Å². The molecule has 0 aliphatic carbocycles. The van der Waals surface area contributed by atoms with Gasteiger partial charge in [-0.1, -0.05) is 0 Å². The summed E-state index contributed by atoms with van der Waals surface area (Å²) in [5.74, 6) is -2.89. The Bertz CT molecular complexity index is 222. The minimum Gasteiger partial charge on any atom is -0.480 e. The first-order valence-electron chi connectivity index (χ1n) is 4.88. The maximum absolute atomic E-state index is 9.57. The van der Waals surface area contributed by atoms with E-state index in [9.17, 15) is 14.4 Å². The van der Waals surface area contributed by atoms with Gasteiger partial charge in [-0.15, -0.1) is 0 Å². The summed E-state index contributed by atoms with van der Waals surface area (Å²) in [4.78, 5) is 28.7. The molecule has 9 heteroatoms. The lowest BCUT2D eigenvalue weighted by Gasteiger charge is -1.90. The zero-order valence-corrected chi connectivity index (χ0v) is 10.5. The van der Waals surface area contributed by atoms with E-state index in [0.717, 1.165) is 0 Å². The van der Waals surface area contributed by atoms with Gasteiger partial charge in [-0.3, -0.25) is 14.4 Å². The minimum atomic E-state index is -0.963. The van der Waals surface area contributed by atoms with Crippen LogP contribution >= 0.6 is 0 Å². The monoisotopic (exact) mass is 267 g/mol. The number of carboxylic acid groups (broad SMARTS) is 3. The van der Waals surface area contributed by atoms with Crippen LogP contribution in [0.15, 0.2) is 0 Å². The molecule has 9 N–H and O–H groups in total. The van der Waals surface area contributed by atoms with E-state index in [1.54, 1.807) is 0 Å². The summed E-state index contributed by atoms with van der Waals surface area (Å²) in [5, 5.41) is 23.6. The largest absolute Gasteiger partial charge is 0.480 e. The molecule has 0 saturated carbocycles. The highest BCUT2D eigenvalue weighted by Gasteiger charge is 2.00. The minimum absolute atomic E-state index is 0.731. The van der Waals surface area contributed by atoms with E-state index in [-0.39, 0.29) is 0 Å². The van der Waals surface area contributed by atoms with Crippen LogP contribution in [0.25, 0.3) is 0 Å². The predicted octanol–water partition coefficient (Wildman–Crippen LogP) is -1.75. The van der Waals surface area contributed by atoms with Gasteiger partial charge in [0.2, 0.25) is 0 Å². The third-order valence-corrected chi connectivity index (χ3v) is 1.17. The summed E-state index contributed by atoms with van der Waals surface area (Å²) in [5.41, 5.74) is 14.5. The van der Waals surface area contributed by atoms with Gasteiger partial charge >= 0.3 is 17.9 Å². The van der Waals surface area contributed by atoms with Crippen molar-refractivity contribution < 1.29 is 29.7 Å². The Hall–Kier alpha value is -1.71. The number of aliphatic carboxylic acids is 3. The lowest BCUT2D eigenvalue weighted by Crippen LogP contribution is -2.25. The van der Waals surface area contributed by atoms with Crippen molar-refractivity contribution in [1.82, 2.24) is 0 Å². The zero-order chi connectivity index (χ0) is 15.5. The lowest BCUT2D eigenvalue weighted by atomic mass is 10.4. The first kappa shape index (κ1) is 21.6. The van der Waals surface area contributed by atoms with Gasteiger partial charge < -0.3 is 32.5 Å². The van der Waals surface area contributed by atoms with Crippen LogP contribution < -0.4 is 17.2 Å². The SMILES string of the molecule is C[C@H](N)C(=O)O.C[C@H](N)C(=O)O.C[C@H](N)C(=O)O. The lowest BCUT2D eigenvalue weighted by molar-refractivity contribution is -0.139. The van der Waals surface area contributed by atoms with Gasteiger partial charge in [0.05, 0.1) is 0 Å². The molecule has 0 spiro atoms. The number of nitrogens with two attached hydrogens (primary N) is 3. The molecule has 0 radical (unpaired) electrons. The van der Waals surface area contributed by atoms with Gasteiger partial charge in [-0.05, 0) is 20.8 Å². The molecule has 108 valence electrons. The third kappa shape index (κ3) is 23.8. The van der Waals surface area contributed by atoms with Crippen molar-refractivity contribution in [2.24, 2.45) is 17.2 Å². The van der Waals surface area contributed by atoms with Crippen LogP contribution in [0, 0.1) is 0 Å². The molecule has 0 aliphatic heterocycles. The molecule has 0 saturated heterocycles. The van der Waals surface area contributed by atoms with E-state index >= 15 is 0 Å². The quantitative estimate of drug-likeness (QED) is 0.344. The summed E-state index contributed by atoms with van der Waals surface area (Å²) in [6, 6.07) is -2.19. The van der Waals surface area contributed by atoms with Gasteiger partial charge in [0.15, 0.2) is 0 Å². The van der Waals surface area contributed by atoms with Crippen LogP contribution in [-0.2, 0) is 14.4 Å². The molecular formula is C9H21N3O6. The molecule has 3 atom stereocenters. The summed E-state index contributed by atoms with van der Waals surface area (Å²) >= 11 is 0. The molecule has 0 rings (SSSR count). The Morgan fingerprint density at radius 3 is 0.722 bits per heavy atom. The molecular weight excluding hydrogens is 246 g/mol. The van der Waals surface area contributed by atoms with E-state index in [0.29, 0.717) is 0 Å². The molecule has 0 heterocycles. The van der Waals surface area contributed by atoms with Crippen LogP contribution in [-0.4, -0.2) is 51.4 Å².